The number of aryl methyl sites for hydroxylation is 2. The van der Waals surface area contributed by atoms with Crippen LogP contribution in [-0.2, 0) is 14.4 Å². The van der Waals surface area contributed by atoms with Crippen molar-refractivity contribution in [1.82, 2.24) is 5.43 Å². The second kappa shape index (κ2) is 11.4. The molecule has 0 aliphatic rings. The van der Waals surface area contributed by atoms with Gasteiger partial charge < -0.3 is 15.4 Å². The Morgan fingerprint density at radius 1 is 0.882 bits per heavy atom. The number of ether oxygens (including phenoxy) is 1. The molecule has 174 valence electrons. The Balaban J connectivity index is 1.53. The molecule has 0 bridgehead atoms. The minimum absolute atomic E-state index is 0.232. The molecule has 0 saturated heterocycles. The lowest BCUT2D eigenvalue weighted by molar-refractivity contribution is -0.136. The number of rotatable bonds is 7. The van der Waals surface area contributed by atoms with Crippen LogP contribution >= 0.6 is 0 Å². The summed E-state index contributed by atoms with van der Waals surface area (Å²) < 4.78 is 18.5. The molecule has 0 aromatic heterocycles. The monoisotopic (exact) mass is 462 g/mol. The summed E-state index contributed by atoms with van der Waals surface area (Å²) in [6.07, 6.45) is 1.29. The molecule has 0 fully saturated rings. The maximum absolute atomic E-state index is 12.9. The van der Waals surface area contributed by atoms with E-state index in [-0.39, 0.29) is 18.2 Å². The minimum atomic E-state index is -1.01. The Morgan fingerprint density at radius 3 is 2.32 bits per heavy atom. The van der Waals surface area contributed by atoms with E-state index in [2.05, 4.69) is 21.2 Å². The molecular formula is C25H23FN4O4. The van der Waals surface area contributed by atoms with Crippen molar-refractivity contribution in [2.45, 2.75) is 13.8 Å². The number of anilines is 2. The Kier molecular flexibility index (Phi) is 8.07. The van der Waals surface area contributed by atoms with Gasteiger partial charge in [-0.05, 0) is 73.5 Å². The average molecular weight is 462 g/mol. The van der Waals surface area contributed by atoms with Crippen molar-refractivity contribution in [2.24, 2.45) is 5.10 Å². The second-order valence-electron chi connectivity index (χ2n) is 7.33. The van der Waals surface area contributed by atoms with Crippen molar-refractivity contribution >= 4 is 35.3 Å². The van der Waals surface area contributed by atoms with Crippen molar-refractivity contribution < 1.29 is 23.5 Å². The fraction of sp³-hybridized carbons (Fsp3) is 0.120. The minimum Gasteiger partial charge on any atom is -0.483 e. The van der Waals surface area contributed by atoms with Crippen molar-refractivity contribution in [2.75, 3.05) is 17.2 Å². The number of amides is 3. The van der Waals surface area contributed by atoms with E-state index in [1.54, 1.807) is 24.3 Å². The molecule has 3 aromatic carbocycles. The predicted molar refractivity (Wildman–Crippen MR) is 127 cm³/mol. The van der Waals surface area contributed by atoms with E-state index in [1.165, 1.54) is 18.3 Å². The summed E-state index contributed by atoms with van der Waals surface area (Å²) in [5.41, 5.74) is 5.73. The molecule has 0 radical (unpaired) electrons. The molecule has 0 unspecified atom stereocenters. The normalized spacial score (nSPS) is 10.6. The third-order valence-corrected chi connectivity index (χ3v) is 4.75. The smallest absolute Gasteiger partial charge is 0.329 e. The largest absolute Gasteiger partial charge is 0.483 e. The maximum Gasteiger partial charge on any atom is 0.329 e. The Labute approximate surface area is 195 Å². The van der Waals surface area contributed by atoms with Crippen LogP contribution in [0.2, 0.25) is 0 Å². The van der Waals surface area contributed by atoms with Crippen LogP contribution in [0.25, 0.3) is 0 Å². The quantitative estimate of drug-likeness (QED) is 0.283. The molecule has 8 nitrogen and oxygen atoms in total. The lowest BCUT2D eigenvalue weighted by Gasteiger charge is -2.10. The van der Waals surface area contributed by atoms with E-state index in [4.69, 9.17) is 4.74 Å². The third-order valence-electron chi connectivity index (χ3n) is 4.75. The topological polar surface area (TPSA) is 109 Å². The molecule has 0 atom stereocenters. The fourth-order valence-corrected chi connectivity index (χ4v) is 2.81. The van der Waals surface area contributed by atoms with Crippen LogP contribution in [-0.4, -0.2) is 30.5 Å². The highest BCUT2D eigenvalue weighted by molar-refractivity contribution is 6.39. The number of nitrogens with one attached hydrogen (secondary N) is 3. The van der Waals surface area contributed by atoms with E-state index < -0.39 is 17.6 Å². The van der Waals surface area contributed by atoms with Crippen molar-refractivity contribution in [3.05, 3.63) is 89.2 Å². The van der Waals surface area contributed by atoms with Gasteiger partial charge in [0, 0.05) is 16.9 Å². The average Bonchev–Trinajstić information content (AvgIpc) is 2.82. The van der Waals surface area contributed by atoms with Crippen LogP contribution in [0.3, 0.4) is 0 Å². The molecule has 34 heavy (non-hydrogen) atoms. The van der Waals surface area contributed by atoms with Gasteiger partial charge in [-0.2, -0.15) is 5.10 Å². The number of nitrogens with zero attached hydrogens (tertiary/aromatic N) is 1. The molecule has 9 heteroatoms. The van der Waals surface area contributed by atoms with Gasteiger partial charge in [-0.25, -0.2) is 9.82 Å². The van der Waals surface area contributed by atoms with E-state index >= 15 is 0 Å². The highest BCUT2D eigenvalue weighted by Crippen LogP contribution is 2.17. The number of benzene rings is 3. The highest BCUT2D eigenvalue weighted by atomic mass is 19.1. The molecular weight excluding hydrogens is 439 g/mol. The molecule has 0 saturated carbocycles. The van der Waals surface area contributed by atoms with Gasteiger partial charge in [-0.3, -0.25) is 14.4 Å². The number of hydrogen-bond acceptors (Lipinski definition) is 5. The van der Waals surface area contributed by atoms with Crippen LogP contribution in [0.15, 0.2) is 71.8 Å². The summed E-state index contributed by atoms with van der Waals surface area (Å²) in [7, 11) is 0. The summed E-state index contributed by atoms with van der Waals surface area (Å²) in [4.78, 5) is 36.1. The lowest BCUT2D eigenvalue weighted by atomic mass is 10.1. The number of halogens is 1. The van der Waals surface area contributed by atoms with Gasteiger partial charge >= 0.3 is 11.8 Å². The van der Waals surface area contributed by atoms with E-state index in [1.807, 2.05) is 32.0 Å². The van der Waals surface area contributed by atoms with Gasteiger partial charge in [0.15, 0.2) is 6.61 Å². The molecule has 3 rings (SSSR count). The van der Waals surface area contributed by atoms with Crippen molar-refractivity contribution in [1.29, 1.82) is 0 Å². The van der Waals surface area contributed by atoms with E-state index in [0.717, 1.165) is 23.3 Å². The lowest BCUT2D eigenvalue weighted by Crippen LogP contribution is -2.32. The van der Waals surface area contributed by atoms with Crippen molar-refractivity contribution in [3.8, 4) is 5.75 Å². The van der Waals surface area contributed by atoms with Gasteiger partial charge in [0.2, 0.25) is 0 Å². The number of carbonyl (C=O) groups excluding carboxylic acids is 3. The maximum atomic E-state index is 12.9. The Hall–Kier alpha value is -4.53. The summed E-state index contributed by atoms with van der Waals surface area (Å²) in [5, 5.41) is 8.87. The molecule has 0 spiro atoms. The first-order valence-electron chi connectivity index (χ1n) is 10.3. The van der Waals surface area contributed by atoms with Gasteiger partial charge in [0.25, 0.3) is 5.91 Å². The molecule has 0 aliphatic heterocycles. The summed E-state index contributed by atoms with van der Waals surface area (Å²) in [6.45, 7) is 3.72. The van der Waals surface area contributed by atoms with E-state index in [0.29, 0.717) is 17.0 Å². The summed E-state index contributed by atoms with van der Waals surface area (Å²) >= 11 is 0. The number of para-hydroxylation sites is 1. The SMILES string of the molecule is Cc1ccc(NC(=O)COc2ccccc2/C=N\NC(=O)C(=O)Nc2ccc(F)cc2)cc1C. The Bertz CT molecular complexity index is 1230. The number of carbonyl (C=O) groups is 3. The highest BCUT2D eigenvalue weighted by Gasteiger charge is 2.13. The number of hydrogen-bond donors (Lipinski definition) is 3. The van der Waals surface area contributed by atoms with Crippen LogP contribution in [0.4, 0.5) is 15.8 Å². The van der Waals surface area contributed by atoms with Crippen LogP contribution in [0, 0.1) is 19.7 Å². The zero-order valence-corrected chi connectivity index (χ0v) is 18.6. The molecule has 0 heterocycles. The third kappa shape index (κ3) is 6.99. The molecule has 0 aliphatic carbocycles. The van der Waals surface area contributed by atoms with Crippen LogP contribution in [0.5, 0.6) is 5.75 Å². The fourth-order valence-electron chi connectivity index (χ4n) is 2.81. The molecule has 3 amide bonds. The van der Waals surface area contributed by atoms with Gasteiger partial charge in [0.1, 0.15) is 11.6 Å². The molecule has 3 aromatic rings. The van der Waals surface area contributed by atoms with Crippen LogP contribution in [0.1, 0.15) is 16.7 Å². The van der Waals surface area contributed by atoms with E-state index in [9.17, 15) is 18.8 Å². The van der Waals surface area contributed by atoms with Gasteiger partial charge in [0.05, 0.1) is 6.21 Å². The first-order valence-corrected chi connectivity index (χ1v) is 10.3. The van der Waals surface area contributed by atoms with Gasteiger partial charge in [-0.15, -0.1) is 0 Å². The summed E-state index contributed by atoms with van der Waals surface area (Å²) in [5.74, 6) is -2.40. The first-order chi connectivity index (χ1) is 16.3. The predicted octanol–water partition coefficient (Wildman–Crippen LogP) is 3.55. The molecule has 3 N–H and O–H groups in total. The second-order valence-corrected chi connectivity index (χ2v) is 7.33. The number of hydrazone groups is 1. The van der Waals surface area contributed by atoms with Gasteiger partial charge in [-0.1, -0.05) is 18.2 Å². The van der Waals surface area contributed by atoms with Crippen molar-refractivity contribution in [3.63, 3.8) is 0 Å². The Morgan fingerprint density at radius 2 is 1.59 bits per heavy atom. The standard InChI is InChI=1S/C25H23FN4O4/c1-16-7-10-21(13-17(16)2)28-23(31)15-34-22-6-4-3-5-18(22)14-27-30-25(33)24(32)29-20-11-8-19(26)9-12-20/h3-14H,15H2,1-2H3,(H,28,31)(H,29,32)(H,30,33)/b27-14-. The zero-order chi connectivity index (χ0) is 24.5. The summed E-state index contributed by atoms with van der Waals surface area (Å²) in [6, 6.07) is 17.4. The van der Waals surface area contributed by atoms with Crippen LogP contribution < -0.4 is 20.8 Å². The first kappa shape index (κ1) is 24.1. The zero-order valence-electron chi connectivity index (χ0n) is 18.6.